The molecule has 116 valence electrons. The highest BCUT2D eigenvalue weighted by atomic mass is 16.1. The summed E-state index contributed by atoms with van der Waals surface area (Å²) in [6, 6.07) is 7.32. The van der Waals surface area contributed by atoms with Crippen molar-refractivity contribution < 1.29 is 4.79 Å². The van der Waals surface area contributed by atoms with Crippen LogP contribution in [0.4, 0.5) is 11.4 Å². The van der Waals surface area contributed by atoms with Gasteiger partial charge in [-0.05, 0) is 50.0 Å². The maximum absolute atomic E-state index is 12.0. The van der Waals surface area contributed by atoms with Crippen LogP contribution >= 0.6 is 0 Å². The van der Waals surface area contributed by atoms with Crippen molar-refractivity contribution in [1.29, 1.82) is 0 Å². The van der Waals surface area contributed by atoms with Crippen molar-refractivity contribution in [1.82, 2.24) is 4.90 Å². The van der Waals surface area contributed by atoms with Crippen molar-refractivity contribution >= 4 is 17.3 Å². The van der Waals surface area contributed by atoms with Crippen LogP contribution in [0.1, 0.15) is 39.0 Å². The molecule has 1 aromatic rings. The van der Waals surface area contributed by atoms with Crippen LogP contribution in [0, 0.1) is 5.92 Å². The summed E-state index contributed by atoms with van der Waals surface area (Å²) in [6.07, 6.45) is 5.75. The monoisotopic (exact) mass is 289 g/mol. The Morgan fingerprint density at radius 3 is 2.81 bits per heavy atom. The van der Waals surface area contributed by atoms with Gasteiger partial charge in [-0.3, -0.25) is 4.79 Å². The summed E-state index contributed by atoms with van der Waals surface area (Å²) in [5, 5.41) is 2.91. The number of nitrogens with zero attached hydrogens (tertiary/aromatic N) is 1. The van der Waals surface area contributed by atoms with Gasteiger partial charge in [0.1, 0.15) is 0 Å². The van der Waals surface area contributed by atoms with Crippen LogP contribution in [0.25, 0.3) is 0 Å². The van der Waals surface area contributed by atoms with E-state index in [9.17, 15) is 4.79 Å². The third-order valence-corrected chi connectivity index (χ3v) is 4.23. The number of nitrogens with two attached hydrogens (primary N) is 1. The standard InChI is InChI=1S/C17H27N3O/c1-2-4-14-7-10-20(11-8-14)12-9-17(21)19-16-6-3-5-15(18)13-16/h3,5-6,13-14H,2,4,7-12,18H2,1H3,(H,19,21). The summed E-state index contributed by atoms with van der Waals surface area (Å²) in [4.78, 5) is 14.4. The van der Waals surface area contributed by atoms with Gasteiger partial charge >= 0.3 is 0 Å². The van der Waals surface area contributed by atoms with Gasteiger partial charge in [-0.2, -0.15) is 0 Å². The topological polar surface area (TPSA) is 58.4 Å². The molecule has 1 aliphatic heterocycles. The third-order valence-electron chi connectivity index (χ3n) is 4.23. The molecular weight excluding hydrogens is 262 g/mol. The van der Waals surface area contributed by atoms with E-state index in [2.05, 4.69) is 17.1 Å². The molecule has 0 aromatic heterocycles. The molecule has 0 radical (unpaired) electrons. The Morgan fingerprint density at radius 2 is 2.14 bits per heavy atom. The Labute approximate surface area is 127 Å². The highest BCUT2D eigenvalue weighted by molar-refractivity contribution is 5.91. The molecule has 0 saturated carbocycles. The number of hydrogen-bond donors (Lipinski definition) is 2. The number of rotatable bonds is 6. The quantitative estimate of drug-likeness (QED) is 0.791. The molecule has 0 spiro atoms. The maximum atomic E-state index is 12.0. The first-order valence-electron chi connectivity index (χ1n) is 8.05. The van der Waals surface area contributed by atoms with E-state index in [4.69, 9.17) is 5.73 Å². The van der Waals surface area contributed by atoms with Crippen LogP contribution in [0.3, 0.4) is 0 Å². The second kappa shape index (κ2) is 8.03. The molecule has 0 atom stereocenters. The van der Waals surface area contributed by atoms with Gasteiger partial charge in [-0.15, -0.1) is 0 Å². The zero-order valence-electron chi connectivity index (χ0n) is 13.0. The average molecular weight is 289 g/mol. The number of amides is 1. The van der Waals surface area contributed by atoms with E-state index >= 15 is 0 Å². The molecule has 1 amide bonds. The number of anilines is 2. The first kappa shape index (κ1) is 15.8. The van der Waals surface area contributed by atoms with Crippen molar-refractivity contribution in [3.63, 3.8) is 0 Å². The van der Waals surface area contributed by atoms with E-state index < -0.39 is 0 Å². The van der Waals surface area contributed by atoms with E-state index in [1.807, 2.05) is 18.2 Å². The Morgan fingerprint density at radius 1 is 1.38 bits per heavy atom. The van der Waals surface area contributed by atoms with Crippen molar-refractivity contribution in [3.8, 4) is 0 Å². The molecule has 1 saturated heterocycles. The molecule has 4 nitrogen and oxygen atoms in total. The first-order valence-corrected chi connectivity index (χ1v) is 8.05. The Hall–Kier alpha value is -1.55. The number of likely N-dealkylation sites (tertiary alicyclic amines) is 1. The van der Waals surface area contributed by atoms with E-state index in [1.165, 1.54) is 25.7 Å². The van der Waals surface area contributed by atoms with Gasteiger partial charge in [0.25, 0.3) is 0 Å². The SMILES string of the molecule is CCCC1CCN(CCC(=O)Nc2cccc(N)c2)CC1. The Bertz CT molecular complexity index is 453. The fraction of sp³-hybridized carbons (Fsp3) is 0.588. The minimum atomic E-state index is 0.0660. The molecule has 0 unspecified atom stereocenters. The van der Waals surface area contributed by atoms with Gasteiger partial charge < -0.3 is 16.0 Å². The van der Waals surface area contributed by atoms with Gasteiger partial charge in [0.2, 0.25) is 5.91 Å². The number of benzene rings is 1. The first-order chi connectivity index (χ1) is 10.2. The summed E-state index contributed by atoms with van der Waals surface area (Å²) < 4.78 is 0. The Kier molecular flexibility index (Phi) is 6.05. The summed E-state index contributed by atoms with van der Waals surface area (Å²) in [7, 11) is 0. The molecule has 0 bridgehead atoms. The lowest BCUT2D eigenvalue weighted by Gasteiger charge is -2.31. The molecular formula is C17H27N3O. The van der Waals surface area contributed by atoms with Crippen LogP contribution in [-0.2, 0) is 4.79 Å². The molecule has 1 heterocycles. The van der Waals surface area contributed by atoms with E-state index in [0.717, 1.165) is 31.2 Å². The van der Waals surface area contributed by atoms with Crippen molar-refractivity contribution in [2.45, 2.75) is 39.0 Å². The molecule has 2 rings (SSSR count). The molecule has 0 aliphatic carbocycles. The van der Waals surface area contributed by atoms with E-state index in [1.54, 1.807) is 6.07 Å². The number of nitrogens with one attached hydrogen (secondary N) is 1. The zero-order chi connectivity index (χ0) is 15.1. The fourth-order valence-electron chi connectivity index (χ4n) is 3.01. The molecule has 4 heteroatoms. The lowest BCUT2D eigenvalue weighted by molar-refractivity contribution is -0.116. The predicted molar refractivity (Wildman–Crippen MR) is 88.2 cm³/mol. The fourth-order valence-corrected chi connectivity index (χ4v) is 3.01. The second-order valence-electron chi connectivity index (χ2n) is 6.00. The molecule has 3 N–H and O–H groups in total. The van der Waals surface area contributed by atoms with Gasteiger partial charge in [0.15, 0.2) is 0 Å². The van der Waals surface area contributed by atoms with Gasteiger partial charge in [0, 0.05) is 24.3 Å². The largest absolute Gasteiger partial charge is 0.399 e. The van der Waals surface area contributed by atoms with Crippen LogP contribution in [0.5, 0.6) is 0 Å². The smallest absolute Gasteiger partial charge is 0.225 e. The molecule has 1 aromatic carbocycles. The number of carbonyl (C=O) groups excluding carboxylic acids is 1. The summed E-state index contributed by atoms with van der Waals surface area (Å²) in [5.74, 6) is 0.962. The van der Waals surface area contributed by atoms with Gasteiger partial charge in [0.05, 0.1) is 0 Å². The van der Waals surface area contributed by atoms with Crippen LogP contribution in [0.2, 0.25) is 0 Å². The maximum Gasteiger partial charge on any atom is 0.225 e. The number of piperidine rings is 1. The van der Waals surface area contributed by atoms with Crippen LogP contribution < -0.4 is 11.1 Å². The Balaban J connectivity index is 1.68. The zero-order valence-corrected chi connectivity index (χ0v) is 13.0. The van der Waals surface area contributed by atoms with Gasteiger partial charge in [-0.1, -0.05) is 25.8 Å². The summed E-state index contributed by atoms with van der Waals surface area (Å²) in [5.41, 5.74) is 7.15. The van der Waals surface area contributed by atoms with E-state index in [-0.39, 0.29) is 5.91 Å². The number of nitrogen functional groups attached to an aromatic ring is 1. The third kappa shape index (κ3) is 5.38. The molecule has 1 fully saturated rings. The second-order valence-corrected chi connectivity index (χ2v) is 6.00. The lowest BCUT2D eigenvalue weighted by atomic mass is 9.92. The normalized spacial score (nSPS) is 16.8. The van der Waals surface area contributed by atoms with E-state index in [0.29, 0.717) is 12.1 Å². The van der Waals surface area contributed by atoms with Crippen LogP contribution in [0.15, 0.2) is 24.3 Å². The minimum Gasteiger partial charge on any atom is -0.399 e. The predicted octanol–water partition coefficient (Wildman–Crippen LogP) is 3.11. The number of hydrogen-bond acceptors (Lipinski definition) is 3. The van der Waals surface area contributed by atoms with Crippen molar-refractivity contribution in [2.24, 2.45) is 5.92 Å². The van der Waals surface area contributed by atoms with Crippen molar-refractivity contribution in [3.05, 3.63) is 24.3 Å². The lowest BCUT2D eigenvalue weighted by Crippen LogP contribution is -2.35. The van der Waals surface area contributed by atoms with Crippen molar-refractivity contribution in [2.75, 3.05) is 30.7 Å². The summed E-state index contributed by atoms with van der Waals surface area (Å²) >= 11 is 0. The highest BCUT2D eigenvalue weighted by Gasteiger charge is 2.18. The van der Waals surface area contributed by atoms with Gasteiger partial charge in [-0.25, -0.2) is 0 Å². The highest BCUT2D eigenvalue weighted by Crippen LogP contribution is 2.21. The molecule has 21 heavy (non-hydrogen) atoms. The molecule has 1 aliphatic rings. The summed E-state index contributed by atoms with van der Waals surface area (Å²) in [6.45, 7) is 5.38. The minimum absolute atomic E-state index is 0.0660. The van der Waals surface area contributed by atoms with Crippen LogP contribution in [-0.4, -0.2) is 30.4 Å². The average Bonchev–Trinajstić information content (AvgIpc) is 2.47. The number of carbonyl (C=O) groups is 1.